The molecule has 4 heteroatoms. The first-order chi connectivity index (χ1) is 9.30. The first-order valence-electron chi connectivity index (χ1n) is 6.84. The Balaban J connectivity index is 2.12. The van der Waals surface area contributed by atoms with Crippen LogP contribution in [-0.2, 0) is 9.31 Å². The van der Waals surface area contributed by atoms with Crippen LogP contribution in [0.2, 0.25) is 5.02 Å². The van der Waals surface area contributed by atoms with Crippen molar-refractivity contribution in [3.05, 3.63) is 41.4 Å². The van der Waals surface area contributed by atoms with E-state index in [2.05, 4.69) is 39.8 Å². The van der Waals surface area contributed by atoms with Crippen LogP contribution < -0.4 is 5.46 Å². The van der Waals surface area contributed by atoms with E-state index >= 15 is 0 Å². The molecule has 1 heterocycles. The minimum Gasteiger partial charge on any atom is -0.399 e. The van der Waals surface area contributed by atoms with E-state index in [4.69, 9.17) is 20.9 Å². The monoisotopic (exact) mass is 288 g/mol. The Kier molecular flexibility index (Phi) is 3.13. The van der Waals surface area contributed by atoms with Gasteiger partial charge in [-0.15, -0.1) is 0 Å². The first kappa shape index (κ1) is 13.9. The molecule has 104 valence electrons. The summed E-state index contributed by atoms with van der Waals surface area (Å²) in [5.74, 6) is 0. The van der Waals surface area contributed by atoms with E-state index in [9.17, 15) is 0 Å². The van der Waals surface area contributed by atoms with E-state index in [0.717, 1.165) is 16.2 Å². The van der Waals surface area contributed by atoms with Crippen molar-refractivity contribution in [1.82, 2.24) is 0 Å². The summed E-state index contributed by atoms with van der Waals surface area (Å²) < 4.78 is 12.3. The predicted molar refractivity (Wildman–Crippen MR) is 84.7 cm³/mol. The van der Waals surface area contributed by atoms with Crippen LogP contribution in [-0.4, -0.2) is 18.3 Å². The summed E-state index contributed by atoms with van der Waals surface area (Å²) >= 11 is 6.23. The Morgan fingerprint density at radius 3 is 2.20 bits per heavy atom. The topological polar surface area (TPSA) is 18.5 Å². The van der Waals surface area contributed by atoms with Crippen molar-refractivity contribution in [3.8, 4) is 0 Å². The van der Waals surface area contributed by atoms with Gasteiger partial charge in [0.25, 0.3) is 0 Å². The molecule has 2 nitrogen and oxygen atoms in total. The van der Waals surface area contributed by atoms with Gasteiger partial charge in [0.05, 0.1) is 11.2 Å². The van der Waals surface area contributed by atoms with Gasteiger partial charge < -0.3 is 9.31 Å². The fourth-order valence-corrected chi connectivity index (χ4v) is 2.70. The second-order valence-corrected chi connectivity index (χ2v) is 6.74. The molecule has 0 spiro atoms. The molecule has 0 saturated carbocycles. The summed E-state index contributed by atoms with van der Waals surface area (Å²) in [6.07, 6.45) is 0. The number of hydrogen-bond donors (Lipinski definition) is 0. The molecule has 1 saturated heterocycles. The Morgan fingerprint density at radius 2 is 1.55 bits per heavy atom. The molecule has 1 fully saturated rings. The zero-order valence-corrected chi connectivity index (χ0v) is 13.0. The summed E-state index contributed by atoms with van der Waals surface area (Å²) in [4.78, 5) is 0. The van der Waals surface area contributed by atoms with Gasteiger partial charge in [-0.1, -0.05) is 35.9 Å². The minimum absolute atomic E-state index is 0.346. The summed E-state index contributed by atoms with van der Waals surface area (Å²) in [5, 5.41) is 2.92. The summed E-state index contributed by atoms with van der Waals surface area (Å²) in [6.45, 7) is 8.22. The average molecular weight is 289 g/mol. The second kappa shape index (κ2) is 4.49. The van der Waals surface area contributed by atoms with Gasteiger partial charge >= 0.3 is 7.12 Å². The number of halogens is 1. The highest BCUT2D eigenvalue weighted by atomic mass is 35.5. The third kappa shape index (κ3) is 2.14. The van der Waals surface area contributed by atoms with Gasteiger partial charge in [0.2, 0.25) is 0 Å². The molecule has 1 aliphatic heterocycles. The maximum Gasteiger partial charge on any atom is 0.495 e. The van der Waals surface area contributed by atoms with Crippen molar-refractivity contribution in [2.45, 2.75) is 38.9 Å². The normalized spacial score (nSPS) is 20.6. The lowest BCUT2D eigenvalue weighted by Crippen LogP contribution is -2.41. The van der Waals surface area contributed by atoms with Crippen molar-refractivity contribution in [1.29, 1.82) is 0 Å². The van der Waals surface area contributed by atoms with Crippen molar-refractivity contribution < 1.29 is 9.31 Å². The molecule has 0 N–H and O–H groups in total. The molecule has 2 aromatic rings. The molecule has 2 aromatic carbocycles. The lowest BCUT2D eigenvalue weighted by atomic mass is 9.76. The van der Waals surface area contributed by atoms with E-state index in [1.165, 1.54) is 0 Å². The lowest BCUT2D eigenvalue weighted by Gasteiger charge is -2.32. The van der Waals surface area contributed by atoms with Crippen molar-refractivity contribution in [2.75, 3.05) is 0 Å². The minimum atomic E-state index is -0.386. The van der Waals surface area contributed by atoms with Gasteiger partial charge in [-0.05, 0) is 56.1 Å². The molecule has 0 amide bonds. The predicted octanol–water partition coefficient (Wildman–Crippen LogP) is 3.79. The summed E-state index contributed by atoms with van der Waals surface area (Å²) in [7, 11) is -0.386. The van der Waals surface area contributed by atoms with Crippen molar-refractivity contribution in [3.63, 3.8) is 0 Å². The molecule has 0 unspecified atom stereocenters. The quantitative estimate of drug-likeness (QED) is 0.743. The van der Waals surface area contributed by atoms with Gasteiger partial charge in [0, 0.05) is 5.02 Å². The maximum absolute atomic E-state index is 6.23. The zero-order chi connectivity index (χ0) is 14.5. The lowest BCUT2D eigenvalue weighted by molar-refractivity contribution is 0.00578. The number of hydrogen-bond acceptors (Lipinski definition) is 2. The highest BCUT2D eigenvalue weighted by Crippen LogP contribution is 2.37. The number of rotatable bonds is 1. The molecule has 3 rings (SSSR count). The smallest absolute Gasteiger partial charge is 0.399 e. The number of fused-ring (bicyclic) bond motifs is 1. The van der Waals surface area contributed by atoms with Crippen LogP contribution in [0.15, 0.2) is 36.4 Å². The standard InChI is InChI=1S/C16H18BClO2/c1-15(2)16(3,4)20-17(19-15)14-10-12(18)9-11-7-5-6-8-13(11)14/h5-10H,1-4H3. The van der Waals surface area contributed by atoms with Crippen LogP contribution in [0.1, 0.15) is 27.7 Å². The van der Waals surface area contributed by atoms with E-state index in [0.29, 0.717) is 5.02 Å². The van der Waals surface area contributed by atoms with E-state index in [1.54, 1.807) is 0 Å². The molecule has 0 aliphatic carbocycles. The van der Waals surface area contributed by atoms with Crippen LogP contribution >= 0.6 is 11.6 Å². The van der Waals surface area contributed by atoms with Gasteiger partial charge in [-0.25, -0.2) is 0 Å². The SMILES string of the molecule is CC1(C)OB(c2cc(Cl)cc3ccccc23)OC1(C)C. The second-order valence-electron chi connectivity index (χ2n) is 6.30. The fourth-order valence-electron chi connectivity index (χ4n) is 2.47. The van der Waals surface area contributed by atoms with Crippen LogP contribution in [0.4, 0.5) is 0 Å². The van der Waals surface area contributed by atoms with Crippen LogP contribution in [0.25, 0.3) is 10.8 Å². The Morgan fingerprint density at radius 1 is 0.950 bits per heavy atom. The molecule has 0 aromatic heterocycles. The molecule has 0 bridgehead atoms. The van der Waals surface area contributed by atoms with Crippen LogP contribution in [0.3, 0.4) is 0 Å². The molecule has 0 radical (unpaired) electrons. The van der Waals surface area contributed by atoms with Crippen LogP contribution in [0, 0.1) is 0 Å². The summed E-state index contributed by atoms with van der Waals surface area (Å²) in [5.41, 5.74) is 0.300. The number of benzene rings is 2. The average Bonchev–Trinajstić information content (AvgIpc) is 2.57. The maximum atomic E-state index is 6.23. The molecule has 20 heavy (non-hydrogen) atoms. The third-order valence-corrected chi connectivity index (χ3v) is 4.58. The molecular weight excluding hydrogens is 270 g/mol. The summed E-state index contributed by atoms with van der Waals surface area (Å²) in [6, 6.07) is 12.1. The van der Waals surface area contributed by atoms with Gasteiger partial charge in [0.15, 0.2) is 0 Å². The van der Waals surface area contributed by atoms with Crippen molar-refractivity contribution in [2.24, 2.45) is 0 Å². The van der Waals surface area contributed by atoms with E-state index in [-0.39, 0.29) is 18.3 Å². The van der Waals surface area contributed by atoms with Gasteiger partial charge in [-0.2, -0.15) is 0 Å². The largest absolute Gasteiger partial charge is 0.495 e. The van der Waals surface area contributed by atoms with Crippen LogP contribution in [0.5, 0.6) is 0 Å². The zero-order valence-electron chi connectivity index (χ0n) is 12.2. The highest BCUT2D eigenvalue weighted by molar-refractivity contribution is 6.65. The van der Waals surface area contributed by atoms with E-state index in [1.807, 2.05) is 24.3 Å². The molecule has 1 aliphatic rings. The highest BCUT2D eigenvalue weighted by Gasteiger charge is 2.52. The van der Waals surface area contributed by atoms with Gasteiger partial charge in [-0.3, -0.25) is 0 Å². The van der Waals surface area contributed by atoms with Gasteiger partial charge in [0.1, 0.15) is 0 Å². The molecular formula is C16H18BClO2. The Labute approximate surface area is 125 Å². The Hall–Kier alpha value is -1.03. The first-order valence-corrected chi connectivity index (χ1v) is 7.22. The fraction of sp³-hybridized carbons (Fsp3) is 0.375. The third-order valence-electron chi connectivity index (χ3n) is 4.37. The molecule has 0 atom stereocenters. The Bertz CT molecular complexity index is 651. The van der Waals surface area contributed by atoms with Crippen molar-refractivity contribution >= 4 is 35.0 Å². The van der Waals surface area contributed by atoms with E-state index < -0.39 is 0 Å².